The summed E-state index contributed by atoms with van der Waals surface area (Å²) in [5.41, 5.74) is 0.342. The minimum atomic E-state index is -0.469. The van der Waals surface area contributed by atoms with Crippen molar-refractivity contribution in [2.75, 3.05) is 13.7 Å². The van der Waals surface area contributed by atoms with E-state index in [1.54, 1.807) is 25.1 Å². The maximum atomic E-state index is 11.7. The van der Waals surface area contributed by atoms with E-state index in [9.17, 15) is 9.59 Å². The molecule has 0 amide bonds. The van der Waals surface area contributed by atoms with Crippen LogP contribution < -0.4 is 4.74 Å². The van der Waals surface area contributed by atoms with E-state index in [1.807, 2.05) is 6.92 Å². The Labute approximate surface area is 132 Å². The van der Waals surface area contributed by atoms with Gasteiger partial charge in [-0.2, -0.15) is 0 Å². The molecular formula is C15H19BrO5. The molecule has 0 spiro atoms. The highest BCUT2D eigenvalue weighted by Crippen LogP contribution is 2.25. The van der Waals surface area contributed by atoms with Crippen LogP contribution in [0.2, 0.25) is 0 Å². The monoisotopic (exact) mass is 358 g/mol. The minimum absolute atomic E-state index is 0.223. The van der Waals surface area contributed by atoms with Gasteiger partial charge in [0.2, 0.25) is 0 Å². The molecular weight excluding hydrogens is 340 g/mol. The summed E-state index contributed by atoms with van der Waals surface area (Å²) in [6.07, 6.45) is 0.563. The van der Waals surface area contributed by atoms with Crippen LogP contribution in [0.4, 0.5) is 0 Å². The van der Waals surface area contributed by atoms with Gasteiger partial charge in [-0.05, 0) is 38.5 Å². The topological polar surface area (TPSA) is 61.8 Å². The molecule has 0 aliphatic heterocycles. The Kier molecular flexibility index (Phi) is 7.22. The summed E-state index contributed by atoms with van der Waals surface area (Å²) in [5.74, 6) is -0.290. The third-order valence-electron chi connectivity index (χ3n) is 2.74. The normalized spacial score (nSPS) is 11.6. The fourth-order valence-corrected chi connectivity index (χ4v) is 2.07. The molecule has 0 aromatic heterocycles. The fraction of sp³-hybridized carbons (Fsp3) is 0.467. The second kappa shape index (κ2) is 8.67. The molecule has 1 aromatic carbocycles. The number of halogens is 1. The van der Waals surface area contributed by atoms with Crippen molar-refractivity contribution in [3.05, 3.63) is 28.2 Å². The lowest BCUT2D eigenvalue weighted by Gasteiger charge is -2.16. The number of carbonyl (C=O) groups is 2. The summed E-state index contributed by atoms with van der Waals surface area (Å²) in [5, 5.41) is 0. The molecule has 0 unspecified atom stereocenters. The molecule has 0 fully saturated rings. The van der Waals surface area contributed by atoms with Crippen LogP contribution in [0, 0.1) is 0 Å². The van der Waals surface area contributed by atoms with Crippen LogP contribution >= 0.6 is 15.9 Å². The first-order valence-electron chi connectivity index (χ1n) is 6.68. The lowest BCUT2D eigenvalue weighted by molar-refractivity contribution is -0.143. The van der Waals surface area contributed by atoms with Gasteiger partial charge in [0.15, 0.2) is 0 Å². The summed E-state index contributed by atoms with van der Waals surface area (Å²) >= 11 is 3.30. The van der Waals surface area contributed by atoms with Crippen LogP contribution in [0.1, 0.15) is 37.0 Å². The van der Waals surface area contributed by atoms with E-state index in [0.29, 0.717) is 24.3 Å². The Bertz CT molecular complexity index is 501. The number of carbonyl (C=O) groups excluding carboxylic acids is 2. The molecule has 0 heterocycles. The van der Waals surface area contributed by atoms with Crippen molar-refractivity contribution in [3.8, 4) is 5.75 Å². The summed E-state index contributed by atoms with van der Waals surface area (Å²) in [6, 6.07) is 5.11. The van der Waals surface area contributed by atoms with Gasteiger partial charge in [-0.25, -0.2) is 4.79 Å². The van der Waals surface area contributed by atoms with Crippen LogP contribution in [0.3, 0.4) is 0 Å². The van der Waals surface area contributed by atoms with Gasteiger partial charge in [0, 0.05) is 10.9 Å². The van der Waals surface area contributed by atoms with Crippen molar-refractivity contribution in [1.82, 2.24) is 0 Å². The van der Waals surface area contributed by atoms with Gasteiger partial charge in [0.05, 0.1) is 19.8 Å². The zero-order valence-electron chi connectivity index (χ0n) is 12.3. The Morgan fingerprint density at radius 1 is 1.33 bits per heavy atom. The summed E-state index contributed by atoms with van der Waals surface area (Å²) < 4.78 is 16.1. The third-order valence-corrected chi connectivity index (χ3v) is 3.23. The van der Waals surface area contributed by atoms with Gasteiger partial charge in [-0.3, -0.25) is 4.79 Å². The Hall–Kier alpha value is -1.56. The first kappa shape index (κ1) is 17.5. The molecule has 1 aromatic rings. The molecule has 116 valence electrons. The van der Waals surface area contributed by atoms with Gasteiger partial charge >= 0.3 is 11.9 Å². The predicted molar refractivity (Wildman–Crippen MR) is 81.4 cm³/mol. The number of rotatable bonds is 7. The summed E-state index contributed by atoms with van der Waals surface area (Å²) in [6.45, 7) is 3.97. The molecule has 0 saturated carbocycles. The van der Waals surface area contributed by atoms with Crippen molar-refractivity contribution in [2.45, 2.75) is 32.8 Å². The van der Waals surface area contributed by atoms with E-state index in [0.717, 1.165) is 4.47 Å². The average Bonchev–Trinajstić information content (AvgIpc) is 2.46. The second-order valence-electron chi connectivity index (χ2n) is 4.40. The molecule has 21 heavy (non-hydrogen) atoms. The van der Waals surface area contributed by atoms with E-state index in [-0.39, 0.29) is 18.5 Å². The van der Waals surface area contributed by atoms with Crippen LogP contribution in [-0.4, -0.2) is 31.8 Å². The molecule has 1 atom stereocenters. The maximum absolute atomic E-state index is 11.7. The lowest BCUT2D eigenvalue weighted by Crippen LogP contribution is -2.17. The number of hydrogen-bond donors (Lipinski definition) is 0. The number of benzene rings is 1. The number of ether oxygens (including phenoxy) is 3. The van der Waals surface area contributed by atoms with Crippen LogP contribution in [-0.2, 0) is 14.3 Å². The highest BCUT2D eigenvalue weighted by Gasteiger charge is 2.16. The van der Waals surface area contributed by atoms with E-state index in [1.165, 1.54) is 7.11 Å². The quantitative estimate of drug-likeness (QED) is 0.699. The van der Waals surface area contributed by atoms with E-state index < -0.39 is 5.97 Å². The van der Waals surface area contributed by atoms with Crippen molar-refractivity contribution in [2.24, 2.45) is 0 Å². The highest BCUT2D eigenvalue weighted by molar-refractivity contribution is 9.10. The SMILES string of the molecule is CCOC(=O)CC[C@@H](C)Oc1ccc(Br)cc1C(=O)OC. The van der Waals surface area contributed by atoms with Gasteiger partial charge in [-0.1, -0.05) is 15.9 Å². The summed E-state index contributed by atoms with van der Waals surface area (Å²) in [4.78, 5) is 23.0. The lowest BCUT2D eigenvalue weighted by atomic mass is 10.2. The molecule has 0 saturated heterocycles. The van der Waals surface area contributed by atoms with Gasteiger partial charge in [0.1, 0.15) is 11.3 Å². The first-order valence-corrected chi connectivity index (χ1v) is 7.47. The number of hydrogen-bond acceptors (Lipinski definition) is 5. The maximum Gasteiger partial charge on any atom is 0.341 e. The molecule has 6 heteroatoms. The predicted octanol–water partition coefficient (Wildman–Crippen LogP) is 3.35. The highest BCUT2D eigenvalue weighted by atomic mass is 79.9. The van der Waals surface area contributed by atoms with Crippen molar-refractivity contribution in [1.29, 1.82) is 0 Å². The van der Waals surface area contributed by atoms with Crippen LogP contribution in [0.25, 0.3) is 0 Å². The van der Waals surface area contributed by atoms with Gasteiger partial charge in [0.25, 0.3) is 0 Å². The molecule has 0 aliphatic rings. The number of methoxy groups -OCH3 is 1. The van der Waals surface area contributed by atoms with Crippen molar-refractivity contribution in [3.63, 3.8) is 0 Å². The minimum Gasteiger partial charge on any atom is -0.490 e. The van der Waals surface area contributed by atoms with E-state index >= 15 is 0 Å². The Morgan fingerprint density at radius 3 is 2.67 bits per heavy atom. The van der Waals surface area contributed by atoms with Crippen molar-refractivity contribution >= 4 is 27.9 Å². The van der Waals surface area contributed by atoms with E-state index in [2.05, 4.69) is 15.9 Å². The molecule has 0 aliphatic carbocycles. The summed E-state index contributed by atoms with van der Waals surface area (Å²) in [7, 11) is 1.32. The number of esters is 2. The fourth-order valence-electron chi connectivity index (χ4n) is 1.70. The molecule has 0 N–H and O–H groups in total. The molecule has 0 bridgehead atoms. The van der Waals surface area contributed by atoms with E-state index in [4.69, 9.17) is 14.2 Å². The van der Waals surface area contributed by atoms with Crippen molar-refractivity contribution < 1.29 is 23.8 Å². The molecule has 1 rings (SSSR count). The average molecular weight is 359 g/mol. The Balaban J connectivity index is 2.69. The largest absolute Gasteiger partial charge is 0.490 e. The van der Waals surface area contributed by atoms with Gasteiger partial charge < -0.3 is 14.2 Å². The smallest absolute Gasteiger partial charge is 0.341 e. The Morgan fingerprint density at radius 2 is 2.05 bits per heavy atom. The molecule has 5 nitrogen and oxygen atoms in total. The first-order chi connectivity index (χ1) is 9.97. The molecule has 0 radical (unpaired) electrons. The van der Waals surface area contributed by atoms with Gasteiger partial charge in [-0.15, -0.1) is 0 Å². The zero-order valence-corrected chi connectivity index (χ0v) is 13.9. The standard InChI is InChI=1S/C15H19BrO5/c1-4-20-14(17)8-5-10(2)21-13-7-6-11(16)9-12(13)15(18)19-3/h6-7,9-10H,4-5,8H2,1-3H3/t10-/m1/s1. The van der Waals surface area contributed by atoms with Crippen LogP contribution in [0.5, 0.6) is 5.75 Å². The third kappa shape index (κ3) is 5.75. The van der Waals surface area contributed by atoms with Crippen LogP contribution in [0.15, 0.2) is 22.7 Å². The second-order valence-corrected chi connectivity index (χ2v) is 5.32. The zero-order chi connectivity index (χ0) is 15.8.